The van der Waals surface area contributed by atoms with Gasteiger partial charge in [0.05, 0.1) is 19.2 Å². The standard InChI is InChI=1S/C6H11N5O/c7-3-5-4-11(1-2-12-5)6(8)10-9/h5H,1-2,4,9H2,(H2,8,10). The first-order valence-corrected chi connectivity index (χ1v) is 3.57. The Balaban J connectivity index is 2.53. The molecule has 1 rings (SSSR count). The lowest BCUT2D eigenvalue weighted by Crippen LogP contribution is -2.48. The van der Waals surface area contributed by atoms with Gasteiger partial charge in [0.25, 0.3) is 0 Å². The molecule has 6 heteroatoms. The van der Waals surface area contributed by atoms with E-state index in [9.17, 15) is 0 Å². The van der Waals surface area contributed by atoms with Gasteiger partial charge in [-0.3, -0.25) is 0 Å². The molecule has 1 atom stereocenters. The summed E-state index contributed by atoms with van der Waals surface area (Å²) in [5, 5.41) is 11.9. The molecule has 0 saturated carbocycles. The predicted molar refractivity (Wildman–Crippen MR) is 42.7 cm³/mol. The van der Waals surface area contributed by atoms with Gasteiger partial charge in [-0.1, -0.05) is 0 Å². The van der Waals surface area contributed by atoms with Crippen LogP contribution in [0.1, 0.15) is 0 Å². The van der Waals surface area contributed by atoms with E-state index < -0.39 is 6.10 Å². The van der Waals surface area contributed by atoms with E-state index in [0.29, 0.717) is 19.7 Å². The van der Waals surface area contributed by atoms with Crippen LogP contribution in [0.2, 0.25) is 0 Å². The van der Waals surface area contributed by atoms with E-state index >= 15 is 0 Å². The minimum atomic E-state index is -0.431. The Morgan fingerprint density at radius 3 is 3.08 bits per heavy atom. The molecule has 1 unspecified atom stereocenters. The van der Waals surface area contributed by atoms with Crippen LogP contribution in [0.15, 0.2) is 5.10 Å². The van der Waals surface area contributed by atoms with Gasteiger partial charge in [0.1, 0.15) is 0 Å². The Bertz CT molecular complexity index is 220. The largest absolute Gasteiger partial charge is 0.368 e. The molecule has 0 aromatic carbocycles. The first kappa shape index (κ1) is 8.62. The smallest absolute Gasteiger partial charge is 0.213 e. The Labute approximate surface area is 70.4 Å². The van der Waals surface area contributed by atoms with Crippen LogP contribution in [-0.4, -0.2) is 36.7 Å². The third-order valence-corrected chi connectivity index (χ3v) is 1.67. The van der Waals surface area contributed by atoms with Crippen LogP contribution < -0.4 is 11.6 Å². The molecule has 4 N–H and O–H groups in total. The van der Waals surface area contributed by atoms with Gasteiger partial charge in [-0.05, 0) is 0 Å². The zero-order chi connectivity index (χ0) is 8.97. The van der Waals surface area contributed by atoms with E-state index in [1.54, 1.807) is 4.90 Å². The maximum absolute atomic E-state index is 8.55. The Morgan fingerprint density at radius 2 is 2.50 bits per heavy atom. The summed E-state index contributed by atoms with van der Waals surface area (Å²) in [6.07, 6.45) is -0.431. The number of ether oxygens (including phenoxy) is 1. The predicted octanol–water partition coefficient (Wildman–Crippen LogP) is -1.60. The summed E-state index contributed by atoms with van der Waals surface area (Å²) in [5.74, 6) is 5.24. The summed E-state index contributed by atoms with van der Waals surface area (Å²) in [6.45, 7) is 1.54. The molecule has 0 aromatic heterocycles. The van der Waals surface area contributed by atoms with Crippen molar-refractivity contribution in [2.45, 2.75) is 6.10 Å². The highest BCUT2D eigenvalue weighted by atomic mass is 16.5. The van der Waals surface area contributed by atoms with Gasteiger partial charge >= 0.3 is 0 Å². The Morgan fingerprint density at radius 1 is 1.75 bits per heavy atom. The monoisotopic (exact) mass is 169 g/mol. The fourth-order valence-electron chi connectivity index (χ4n) is 1.02. The number of hydrazone groups is 1. The highest BCUT2D eigenvalue weighted by molar-refractivity contribution is 5.77. The highest BCUT2D eigenvalue weighted by Gasteiger charge is 2.20. The average Bonchev–Trinajstić information content (AvgIpc) is 2.17. The average molecular weight is 169 g/mol. The van der Waals surface area contributed by atoms with E-state index in [1.165, 1.54) is 0 Å². The van der Waals surface area contributed by atoms with Crippen molar-refractivity contribution < 1.29 is 4.74 Å². The van der Waals surface area contributed by atoms with Crippen LogP contribution in [0.4, 0.5) is 0 Å². The maximum Gasteiger partial charge on any atom is 0.213 e. The normalized spacial score (nSPS) is 25.1. The lowest BCUT2D eigenvalue weighted by Gasteiger charge is -2.29. The molecule has 6 nitrogen and oxygen atoms in total. The van der Waals surface area contributed by atoms with Gasteiger partial charge in [-0.15, -0.1) is 5.10 Å². The van der Waals surface area contributed by atoms with Gasteiger partial charge in [0, 0.05) is 6.54 Å². The summed E-state index contributed by atoms with van der Waals surface area (Å²) >= 11 is 0. The molecule has 1 aliphatic rings. The van der Waals surface area contributed by atoms with Crippen LogP contribution in [0, 0.1) is 11.3 Å². The number of nitrogens with zero attached hydrogens (tertiary/aromatic N) is 3. The topological polar surface area (TPSA) is 101 Å². The Hall–Kier alpha value is -1.48. The second-order valence-corrected chi connectivity index (χ2v) is 2.42. The van der Waals surface area contributed by atoms with Gasteiger partial charge < -0.3 is 21.2 Å². The van der Waals surface area contributed by atoms with Crippen molar-refractivity contribution in [3.8, 4) is 6.07 Å². The zero-order valence-corrected chi connectivity index (χ0v) is 6.60. The van der Waals surface area contributed by atoms with E-state index in [-0.39, 0.29) is 5.96 Å². The fraction of sp³-hybridized carbons (Fsp3) is 0.667. The zero-order valence-electron chi connectivity index (χ0n) is 6.60. The quantitative estimate of drug-likeness (QED) is 0.197. The fourth-order valence-corrected chi connectivity index (χ4v) is 1.02. The number of morpholine rings is 1. The molecule has 0 spiro atoms. The van der Waals surface area contributed by atoms with E-state index in [1.807, 2.05) is 6.07 Å². The lowest BCUT2D eigenvalue weighted by molar-refractivity contribution is 0.0260. The molecule has 0 radical (unpaired) electrons. The van der Waals surface area contributed by atoms with Crippen molar-refractivity contribution in [2.24, 2.45) is 16.7 Å². The SMILES string of the molecule is N#CC1CN(C(N)=NN)CCO1. The number of nitrogens with two attached hydrogens (primary N) is 2. The minimum Gasteiger partial charge on any atom is -0.368 e. The molecule has 1 aliphatic heterocycles. The molecule has 0 aliphatic carbocycles. The molecule has 12 heavy (non-hydrogen) atoms. The molecule has 1 heterocycles. The van der Waals surface area contributed by atoms with Gasteiger partial charge in [-0.2, -0.15) is 5.26 Å². The van der Waals surface area contributed by atoms with E-state index in [4.69, 9.17) is 21.6 Å². The first-order chi connectivity index (χ1) is 5.77. The number of hydrogen-bond acceptors (Lipinski definition) is 4. The molecule has 0 aromatic rings. The molecule has 1 fully saturated rings. The number of hydrogen-bond donors (Lipinski definition) is 2. The molecule has 0 amide bonds. The molecular weight excluding hydrogens is 158 g/mol. The second kappa shape index (κ2) is 3.78. The maximum atomic E-state index is 8.55. The Kier molecular flexibility index (Phi) is 2.71. The molecule has 0 bridgehead atoms. The third-order valence-electron chi connectivity index (χ3n) is 1.67. The summed E-state index contributed by atoms with van der Waals surface area (Å²) < 4.78 is 5.10. The van der Waals surface area contributed by atoms with Gasteiger partial charge in [-0.25, -0.2) is 0 Å². The molecule has 1 saturated heterocycles. The highest BCUT2D eigenvalue weighted by Crippen LogP contribution is 2.02. The second-order valence-electron chi connectivity index (χ2n) is 2.42. The summed E-state index contributed by atoms with van der Waals surface area (Å²) in [7, 11) is 0. The van der Waals surface area contributed by atoms with Crippen molar-refractivity contribution in [2.75, 3.05) is 19.7 Å². The number of guanidine groups is 1. The third kappa shape index (κ3) is 1.77. The molecule has 66 valence electrons. The van der Waals surface area contributed by atoms with Gasteiger partial charge in [0.15, 0.2) is 6.10 Å². The van der Waals surface area contributed by atoms with Crippen molar-refractivity contribution in [1.29, 1.82) is 5.26 Å². The van der Waals surface area contributed by atoms with Crippen molar-refractivity contribution in [1.82, 2.24) is 4.90 Å². The van der Waals surface area contributed by atoms with Crippen molar-refractivity contribution in [3.05, 3.63) is 0 Å². The van der Waals surface area contributed by atoms with Crippen LogP contribution in [-0.2, 0) is 4.74 Å². The number of nitriles is 1. The number of rotatable bonds is 0. The summed E-state index contributed by atoms with van der Waals surface area (Å²) in [6, 6.07) is 2.00. The van der Waals surface area contributed by atoms with Crippen molar-refractivity contribution >= 4 is 5.96 Å². The lowest BCUT2D eigenvalue weighted by atomic mass is 10.3. The minimum absolute atomic E-state index is 0.249. The summed E-state index contributed by atoms with van der Waals surface area (Å²) in [4.78, 5) is 1.72. The van der Waals surface area contributed by atoms with E-state index in [0.717, 1.165) is 0 Å². The van der Waals surface area contributed by atoms with Crippen molar-refractivity contribution in [3.63, 3.8) is 0 Å². The van der Waals surface area contributed by atoms with Crippen LogP contribution in [0.5, 0.6) is 0 Å². The van der Waals surface area contributed by atoms with Crippen LogP contribution in [0.25, 0.3) is 0 Å². The summed E-state index contributed by atoms with van der Waals surface area (Å²) in [5.41, 5.74) is 5.45. The first-order valence-electron chi connectivity index (χ1n) is 3.57. The van der Waals surface area contributed by atoms with Crippen LogP contribution in [0.3, 0.4) is 0 Å². The van der Waals surface area contributed by atoms with E-state index in [2.05, 4.69) is 5.10 Å². The van der Waals surface area contributed by atoms with Gasteiger partial charge in [0.2, 0.25) is 5.96 Å². The van der Waals surface area contributed by atoms with Crippen LogP contribution >= 0.6 is 0 Å². The molecular formula is C6H11N5O.